The van der Waals surface area contributed by atoms with Gasteiger partial charge in [0.2, 0.25) is 11.6 Å². The van der Waals surface area contributed by atoms with Crippen molar-refractivity contribution < 1.29 is 38.5 Å². The van der Waals surface area contributed by atoms with Crippen molar-refractivity contribution in [1.29, 1.82) is 0 Å². The normalized spacial score (nSPS) is 29.8. The van der Waals surface area contributed by atoms with Gasteiger partial charge in [-0.3, -0.25) is 14.4 Å². The Balaban J connectivity index is 2.54. The molecule has 6 atom stereocenters. The molecule has 6 unspecified atom stereocenters. The van der Waals surface area contributed by atoms with Gasteiger partial charge in [-0.2, -0.15) is 0 Å². The van der Waals surface area contributed by atoms with Crippen LogP contribution in [0.1, 0.15) is 67.2 Å². The summed E-state index contributed by atoms with van der Waals surface area (Å²) in [5.74, 6) is -1.93. The van der Waals surface area contributed by atoms with Gasteiger partial charge in [0.1, 0.15) is 0 Å². The predicted molar refractivity (Wildman–Crippen MR) is 175 cm³/mol. The minimum atomic E-state index is -0.962. The average Bonchev–Trinajstić information content (AvgIpc) is 3.01. The van der Waals surface area contributed by atoms with Crippen LogP contribution < -0.4 is 16.4 Å². The molecule has 1 heterocycles. The lowest BCUT2D eigenvalue weighted by molar-refractivity contribution is -0.120. The highest BCUT2D eigenvalue weighted by Crippen LogP contribution is 2.29. The standard InChI is InChI=1S/C34H54N4O8/c1-9-38(10-2)15-14-36-29-24-16-20(3)17-28(45-8)30(40)22(5)18-23(6)32(46-34(35)43)27(44-7)13-11-12-21(4)33(42)37-25(31(24)41)19-26(29)39/h12,18-20,22,27-28,30,32,36,40H,9-11,13-17H2,1-8H3,(H2,35,43)(H,37,42)/b21-12+,23-18+. The SMILES string of the molecule is CCN(CC)CCNC1=C2CC(C)CC(OC)C(O)C(C)/C=C(\C)C(OC(N)=O)C(OC)CC/C=C(\C)C(=O)NC(=CC1=O)C2=O. The van der Waals surface area contributed by atoms with Gasteiger partial charge in [-0.05, 0) is 64.1 Å². The molecule has 2 aliphatic rings. The zero-order valence-electron chi connectivity index (χ0n) is 28.7. The Morgan fingerprint density at radius 2 is 1.76 bits per heavy atom. The Labute approximate surface area is 273 Å². The minimum absolute atomic E-state index is 0.0846. The zero-order valence-corrected chi connectivity index (χ0v) is 28.7. The van der Waals surface area contributed by atoms with E-state index in [0.29, 0.717) is 43.5 Å². The van der Waals surface area contributed by atoms with Gasteiger partial charge >= 0.3 is 6.09 Å². The van der Waals surface area contributed by atoms with Crippen LogP contribution in [0.25, 0.3) is 0 Å². The number of rotatable bonds is 9. The highest BCUT2D eigenvalue weighted by Gasteiger charge is 2.33. The van der Waals surface area contributed by atoms with Crippen LogP contribution in [-0.4, -0.2) is 98.4 Å². The number of fused-ring (bicyclic) bond motifs is 2. The van der Waals surface area contributed by atoms with Crippen molar-refractivity contribution in [3.8, 4) is 0 Å². The molecule has 0 aromatic carbocycles. The molecular formula is C34H54N4O8. The van der Waals surface area contributed by atoms with Crippen LogP contribution in [0, 0.1) is 11.8 Å². The Morgan fingerprint density at radius 1 is 1.11 bits per heavy atom. The number of aliphatic hydroxyl groups excluding tert-OH is 1. The lowest BCUT2D eigenvalue weighted by atomic mass is 9.85. The number of carbonyl (C=O) groups excluding carboxylic acids is 4. The van der Waals surface area contributed by atoms with Gasteiger partial charge in [-0.1, -0.05) is 39.8 Å². The summed E-state index contributed by atoms with van der Waals surface area (Å²) in [5.41, 5.74) is 6.81. The second-order valence-electron chi connectivity index (χ2n) is 12.2. The number of primary amides is 1. The number of methoxy groups -OCH3 is 2. The summed E-state index contributed by atoms with van der Waals surface area (Å²) in [6, 6.07) is 0. The molecule has 2 bridgehead atoms. The van der Waals surface area contributed by atoms with Crippen molar-refractivity contribution in [2.24, 2.45) is 17.6 Å². The summed E-state index contributed by atoms with van der Waals surface area (Å²) in [5, 5.41) is 17.2. The molecule has 0 radical (unpaired) electrons. The van der Waals surface area contributed by atoms with Gasteiger partial charge in [0, 0.05) is 50.4 Å². The lowest BCUT2D eigenvalue weighted by Gasteiger charge is -2.30. The van der Waals surface area contributed by atoms with E-state index in [4.69, 9.17) is 19.9 Å². The highest BCUT2D eigenvalue weighted by atomic mass is 16.6. The van der Waals surface area contributed by atoms with Crippen LogP contribution in [0.3, 0.4) is 0 Å². The molecule has 0 aromatic heterocycles. The lowest BCUT2D eigenvalue weighted by Crippen LogP contribution is -2.39. The van der Waals surface area contributed by atoms with E-state index < -0.39 is 48.1 Å². The maximum atomic E-state index is 13.8. The Hall–Kier alpha value is -3.32. The molecule has 46 heavy (non-hydrogen) atoms. The van der Waals surface area contributed by atoms with Crippen molar-refractivity contribution >= 4 is 23.6 Å². The highest BCUT2D eigenvalue weighted by molar-refractivity contribution is 6.23. The van der Waals surface area contributed by atoms with E-state index in [1.807, 2.05) is 19.9 Å². The fraction of sp³-hybridized carbons (Fsp3) is 0.647. The van der Waals surface area contributed by atoms with Gasteiger partial charge in [-0.25, -0.2) is 4.79 Å². The summed E-state index contributed by atoms with van der Waals surface area (Å²) < 4.78 is 16.8. The van der Waals surface area contributed by atoms with Gasteiger partial charge < -0.3 is 40.6 Å². The zero-order chi connectivity index (χ0) is 34.6. The largest absolute Gasteiger partial charge is 0.439 e. The second kappa shape index (κ2) is 18.7. The number of carbonyl (C=O) groups is 4. The number of hydrogen-bond donors (Lipinski definition) is 4. The second-order valence-corrected chi connectivity index (χ2v) is 12.2. The number of nitrogens with two attached hydrogens (primary N) is 1. The van der Waals surface area contributed by atoms with Crippen LogP contribution in [0.15, 0.2) is 46.3 Å². The number of likely N-dealkylation sites (N-methyl/N-ethyl adjacent to an activating group) is 1. The van der Waals surface area contributed by atoms with Gasteiger partial charge in [0.15, 0.2) is 6.10 Å². The molecule has 2 rings (SSSR count). The minimum Gasteiger partial charge on any atom is -0.439 e. The molecule has 0 fully saturated rings. The summed E-state index contributed by atoms with van der Waals surface area (Å²) in [7, 11) is 3.00. The average molecular weight is 647 g/mol. The first kappa shape index (κ1) is 38.9. The molecule has 12 heteroatoms. The van der Waals surface area contributed by atoms with Crippen molar-refractivity contribution in [3.63, 3.8) is 0 Å². The van der Waals surface area contributed by atoms with E-state index in [0.717, 1.165) is 13.1 Å². The van der Waals surface area contributed by atoms with Crippen molar-refractivity contribution in [2.75, 3.05) is 40.4 Å². The molecule has 5 N–H and O–H groups in total. The topological polar surface area (TPSA) is 170 Å². The molecule has 0 saturated heterocycles. The van der Waals surface area contributed by atoms with Gasteiger partial charge in [0.05, 0.1) is 29.7 Å². The third kappa shape index (κ3) is 10.9. The smallest absolute Gasteiger partial charge is 0.405 e. The Bertz CT molecular complexity index is 1220. The molecule has 258 valence electrons. The van der Waals surface area contributed by atoms with E-state index in [1.54, 1.807) is 19.9 Å². The predicted octanol–water partition coefficient (Wildman–Crippen LogP) is 2.92. The number of nitrogens with one attached hydrogen (secondary N) is 2. The number of ketones is 2. The molecule has 0 spiro atoms. The quantitative estimate of drug-likeness (QED) is 0.216. The van der Waals surface area contributed by atoms with Gasteiger partial charge in [-0.15, -0.1) is 0 Å². The molecular weight excluding hydrogens is 592 g/mol. The molecule has 12 nitrogen and oxygen atoms in total. The Morgan fingerprint density at radius 3 is 2.35 bits per heavy atom. The third-order valence-corrected chi connectivity index (χ3v) is 8.74. The summed E-state index contributed by atoms with van der Waals surface area (Å²) >= 11 is 0. The number of aliphatic hydroxyl groups is 1. The van der Waals surface area contributed by atoms with Crippen LogP contribution in [0.4, 0.5) is 4.79 Å². The monoisotopic (exact) mass is 646 g/mol. The van der Waals surface area contributed by atoms with Crippen LogP contribution >= 0.6 is 0 Å². The van der Waals surface area contributed by atoms with E-state index in [9.17, 15) is 24.3 Å². The third-order valence-electron chi connectivity index (χ3n) is 8.74. The molecule has 0 saturated carbocycles. The fourth-order valence-corrected chi connectivity index (χ4v) is 5.96. The first-order valence-electron chi connectivity index (χ1n) is 16.1. The molecule has 2 amide bonds. The maximum absolute atomic E-state index is 13.8. The van der Waals surface area contributed by atoms with E-state index in [2.05, 4.69) is 29.4 Å². The van der Waals surface area contributed by atoms with Crippen LogP contribution in [-0.2, 0) is 28.6 Å². The number of amides is 2. The first-order chi connectivity index (χ1) is 21.8. The number of nitrogens with zero attached hydrogens (tertiary/aromatic N) is 1. The van der Waals surface area contributed by atoms with E-state index in [-0.39, 0.29) is 35.1 Å². The molecule has 1 aliphatic carbocycles. The van der Waals surface area contributed by atoms with Gasteiger partial charge in [0.25, 0.3) is 5.91 Å². The Kier molecular flexibility index (Phi) is 15.8. The van der Waals surface area contributed by atoms with Crippen molar-refractivity contribution in [3.05, 3.63) is 46.3 Å². The van der Waals surface area contributed by atoms with Crippen LogP contribution in [0.5, 0.6) is 0 Å². The van der Waals surface area contributed by atoms with Crippen molar-refractivity contribution in [2.45, 2.75) is 91.6 Å². The summed E-state index contributed by atoms with van der Waals surface area (Å²) in [6.45, 7) is 14.2. The number of ether oxygens (including phenoxy) is 3. The number of hydrogen-bond acceptors (Lipinski definition) is 10. The van der Waals surface area contributed by atoms with Crippen LogP contribution in [0.2, 0.25) is 0 Å². The molecule has 0 aromatic rings. The summed E-state index contributed by atoms with van der Waals surface area (Å²) in [4.78, 5) is 54.4. The van der Waals surface area contributed by atoms with Crippen molar-refractivity contribution in [1.82, 2.24) is 15.5 Å². The fourth-order valence-electron chi connectivity index (χ4n) is 5.96. The van der Waals surface area contributed by atoms with E-state index in [1.165, 1.54) is 20.3 Å². The first-order valence-corrected chi connectivity index (χ1v) is 16.1. The molecule has 1 aliphatic heterocycles. The number of allylic oxidation sites excluding steroid dienone is 3. The summed E-state index contributed by atoms with van der Waals surface area (Å²) in [6.07, 6.45) is 2.09. The van der Waals surface area contributed by atoms with E-state index >= 15 is 0 Å². The maximum Gasteiger partial charge on any atom is 0.405 e. The number of Topliss-reactive ketones (excluding diaryl/α,β-unsaturated/α-hetero) is 1.